The Morgan fingerprint density at radius 2 is 2.07 bits per heavy atom. The predicted octanol–water partition coefficient (Wildman–Crippen LogP) is 3.11. The highest BCUT2D eigenvalue weighted by atomic mass is 32.2. The Bertz CT molecular complexity index is 339. The van der Waals surface area contributed by atoms with E-state index in [-0.39, 0.29) is 0 Å². The molecule has 0 radical (unpaired) electrons. The molecular weight excluding hydrogens is 224 g/mol. The summed E-state index contributed by atoms with van der Waals surface area (Å²) in [5.74, 6) is 1.73. The van der Waals surface area contributed by atoms with E-state index >= 15 is 0 Å². The average molecular weight is 242 g/mol. The minimum atomic E-state index is -1.57. The van der Waals surface area contributed by atoms with Crippen LogP contribution in [0, 0.1) is 6.92 Å². The van der Waals surface area contributed by atoms with E-state index in [1.165, 1.54) is 0 Å². The first-order valence-electron chi connectivity index (χ1n) is 5.08. The molecule has 0 aliphatic carbocycles. The normalized spacial score (nSPS) is 11.5. The topological polar surface area (TPSA) is 35.0 Å². The Hall–Kier alpha value is -0.553. The fraction of sp³-hybridized carbons (Fsp3) is 0.600. The van der Waals surface area contributed by atoms with Crippen molar-refractivity contribution in [3.63, 3.8) is 0 Å². The molecule has 1 aromatic heterocycles. The smallest absolute Gasteiger partial charge is 0.244 e. The van der Waals surface area contributed by atoms with Crippen molar-refractivity contribution >= 4 is 20.1 Å². The molecule has 0 aliphatic rings. The summed E-state index contributed by atoms with van der Waals surface area (Å²) < 4.78 is 5.89. The number of nitrogens with zero attached hydrogens (tertiary/aromatic N) is 2. The summed E-state index contributed by atoms with van der Waals surface area (Å²) in [6.45, 7) is 10.5. The summed E-state index contributed by atoms with van der Waals surface area (Å²) in [5.41, 5.74) is 1.01. The van der Waals surface area contributed by atoms with Gasteiger partial charge in [0.05, 0.1) is 0 Å². The molecule has 0 amide bonds. The number of aromatic nitrogens is 2. The summed E-state index contributed by atoms with van der Waals surface area (Å²) in [6, 6.07) is 0. The minimum absolute atomic E-state index is 0.750. The fourth-order valence-electron chi connectivity index (χ4n) is 1.00. The first-order valence-corrected chi connectivity index (χ1v) is 9.47. The average Bonchev–Trinajstić information content (AvgIpc) is 2.09. The Balaban J connectivity index is 2.90. The second-order valence-corrected chi connectivity index (χ2v) is 9.95. The van der Waals surface area contributed by atoms with Crippen molar-refractivity contribution in [1.29, 1.82) is 0 Å². The lowest BCUT2D eigenvalue weighted by Crippen LogP contribution is -2.30. The van der Waals surface area contributed by atoms with Crippen LogP contribution in [0.1, 0.15) is 12.5 Å². The highest BCUT2D eigenvalue weighted by molar-refractivity contribution is 7.99. The molecule has 0 aromatic carbocycles. The van der Waals surface area contributed by atoms with Gasteiger partial charge in [-0.25, -0.2) is 4.98 Å². The maximum atomic E-state index is 5.89. The molecule has 0 aliphatic heterocycles. The van der Waals surface area contributed by atoms with Gasteiger partial charge in [-0.05, 0) is 32.3 Å². The lowest BCUT2D eigenvalue weighted by atomic mass is 10.4. The van der Waals surface area contributed by atoms with Crippen LogP contribution in [0.15, 0.2) is 11.4 Å². The van der Waals surface area contributed by atoms with Gasteiger partial charge in [0.2, 0.25) is 14.2 Å². The molecule has 1 heterocycles. The Morgan fingerprint density at radius 3 is 2.60 bits per heavy atom. The van der Waals surface area contributed by atoms with E-state index in [4.69, 9.17) is 4.43 Å². The number of thioether (sulfide) groups is 1. The van der Waals surface area contributed by atoms with E-state index in [1.807, 2.05) is 13.1 Å². The van der Waals surface area contributed by atoms with Gasteiger partial charge in [0.15, 0.2) is 5.16 Å². The lowest BCUT2D eigenvalue weighted by Gasteiger charge is -2.19. The van der Waals surface area contributed by atoms with E-state index in [9.17, 15) is 0 Å². The summed E-state index contributed by atoms with van der Waals surface area (Å²) in [7, 11) is -1.57. The minimum Gasteiger partial charge on any atom is -0.531 e. The van der Waals surface area contributed by atoms with Gasteiger partial charge in [-0.2, -0.15) is 4.98 Å². The molecule has 0 atom stereocenters. The third-order valence-corrected chi connectivity index (χ3v) is 3.13. The largest absolute Gasteiger partial charge is 0.531 e. The summed E-state index contributed by atoms with van der Waals surface area (Å²) in [4.78, 5) is 8.66. The molecule has 0 saturated carbocycles. The third kappa shape index (κ3) is 4.21. The zero-order valence-electron chi connectivity index (χ0n) is 10.00. The van der Waals surface area contributed by atoms with E-state index in [1.54, 1.807) is 11.8 Å². The fourth-order valence-corrected chi connectivity index (χ4v) is 2.32. The monoisotopic (exact) mass is 242 g/mol. The van der Waals surface area contributed by atoms with Gasteiger partial charge in [0, 0.05) is 11.8 Å². The molecule has 3 nitrogen and oxygen atoms in total. The van der Waals surface area contributed by atoms with E-state index in [0.717, 1.165) is 22.4 Å². The van der Waals surface area contributed by atoms with Crippen LogP contribution in [-0.4, -0.2) is 24.0 Å². The molecular formula is C10H18N2OSSi. The summed E-state index contributed by atoms with van der Waals surface area (Å²) in [5, 5.41) is 0.802. The second-order valence-electron chi connectivity index (χ2n) is 4.29. The maximum absolute atomic E-state index is 5.89. The Morgan fingerprint density at radius 1 is 1.40 bits per heavy atom. The van der Waals surface area contributed by atoms with Gasteiger partial charge in [-0.3, -0.25) is 0 Å². The van der Waals surface area contributed by atoms with Crippen molar-refractivity contribution in [2.75, 3.05) is 5.75 Å². The van der Waals surface area contributed by atoms with E-state index in [2.05, 4.69) is 36.5 Å². The van der Waals surface area contributed by atoms with Crippen molar-refractivity contribution < 1.29 is 4.43 Å². The second kappa shape index (κ2) is 4.98. The zero-order valence-corrected chi connectivity index (χ0v) is 11.8. The molecule has 15 heavy (non-hydrogen) atoms. The Labute approximate surface area is 96.8 Å². The predicted molar refractivity (Wildman–Crippen MR) is 67.1 cm³/mol. The van der Waals surface area contributed by atoms with Crippen LogP contribution in [0.4, 0.5) is 0 Å². The molecule has 0 unspecified atom stereocenters. The quantitative estimate of drug-likeness (QED) is 0.462. The van der Waals surface area contributed by atoms with Gasteiger partial charge in [-0.15, -0.1) is 0 Å². The molecule has 0 fully saturated rings. The van der Waals surface area contributed by atoms with Gasteiger partial charge < -0.3 is 4.43 Å². The zero-order chi connectivity index (χ0) is 11.5. The van der Waals surface area contributed by atoms with Crippen LogP contribution >= 0.6 is 11.8 Å². The molecule has 5 heteroatoms. The number of rotatable bonds is 4. The molecule has 1 rings (SSSR count). The highest BCUT2D eigenvalue weighted by Crippen LogP contribution is 2.21. The standard InChI is InChI=1S/C10H18N2OSSi/c1-6-14-10-11-7-8(2)9(12-10)13-15(3,4)5/h7H,6H2,1-5H3. The van der Waals surface area contributed by atoms with Crippen molar-refractivity contribution in [1.82, 2.24) is 9.97 Å². The Kier molecular flexibility index (Phi) is 4.16. The van der Waals surface area contributed by atoms with Crippen LogP contribution < -0.4 is 4.43 Å². The van der Waals surface area contributed by atoms with Gasteiger partial charge in [-0.1, -0.05) is 18.7 Å². The van der Waals surface area contributed by atoms with Crippen LogP contribution in [0.25, 0.3) is 0 Å². The van der Waals surface area contributed by atoms with Crippen molar-refractivity contribution in [3.8, 4) is 5.88 Å². The summed E-state index contributed by atoms with van der Waals surface area (Å²) >= 11 is 1.64. The highest BCUT2D eigenvalue weighted by Gasteiger charge is 2.18. The van der Waals surface area contributed by atoms with E-state index in [0.29, 0.717) is 0 Å². The first kappa shape index (κ1) is 12.5. The van der Waals surface area contributed by atoms with Crippen LogP contribution in [0.2, 0.25) is 19.6 Å². The molecule has 0 saturated heterocycles. The van der Waals surface area contributed by atoms with E-state index < -0.39 is 8.32 Å². The maximum Gasteiger partial charge on any atom is 0.244 e. The van der Waals surface area contributed by atoms with Gasteiger partial charge in [0.25, 0.3) is 0 Å². The third-order valence-electron chi connectivity index (χ3n) is 1.58. The molecule has 84 valence electrons. The molecule has 0 N–H and O–H groups in total. The molecule has 0 spiro atoms. The van der Waals surface area contributed by atoms with Crippen LogP contribution in [0.5, 0.6) is 5.88 Å². The van der Waals surface area contributed by atoms with Crippen LogP contribution in [0.3, 0.4) is 0 Å². The number of hydrogen-bond donors (Lipinski definition) is 0. The van der Waals surface area contributed by atoms with Gasteiger partial charge >= 0.3 is 0 Å². The number of hydrogen-bond acceptors (Lipinski definition) is 4. The van der Waals surface area contributed by atoms with Crippen LogP contribution in [-0.2, 0) is 0 Å². The molecule has 1 aromatic rings. The SMILES string of the molecule is CCSc1ncc(C)c(O[Si](C)(C)C)n1. The number of aryl methyl sites for hydroxylation is 1. The molecule has 0 bridgehead atoms. The first-order chi connectivity index (χ1) is 6.92. The van der Waals surface area contributed by atoms with Crippen molar-refractivity contribution in [3.05, 3.63) is 11.8 Å². The van der Waals surface area contributed by atoms with Gasteiger partial charge in [0.1, 0.15) is 0 Å². The van der Waals surface area contributed by atoms with Crippen molar-refractivity contribution in [2.45, 2.75) is 38.6 Å². The van der Waals surface area contributed by atoms with Crippen molar-refractivity contribution in [2.24, 2.45) is 0 Å². The summed E-state index contributed by atoms with van der Waals surface area (Å²) in [6.07, 6.45) is 1.83. The lowest BCUT2D eigenvalue weighted by molar-refractivity contribution is 0.518.